The predicted octanol–water partition coefficient (Wildman–Crippen LogP) is 2.95. The summed E-state index contributed by atoms with van der Waals surface area (Å²) in [6, 6.07) is 4.35. The molecule has 0 bridgehead atoms. The number of nitrogens with zero attached hydrogens (tertiary/aromatic N) is 2. The van der Waals surface area contributed by atoms with Gasteiger partial charge < -0.3 is 9.67 Å². The second-order valence-electron chi connectivity index (χ2n) is 4.12. The number of carboxylic acid groups (broad SMARTS) is 1. The molecule has 0 radical (unpaired) electrons. The van der Waals surface area contributed by atoms with Gasteiger partial charge in [-0.1, -0.05) is 17.8 Å². The minimum Gasteiger partial charge on any atom is -0.478 e. The largest absolute Gasteiger partial charge is 0.478 e. The van der Waals surface area contributed by atoms with E-state index in [1.165, 1.54) is 30.0 Å². The molecule has 0 aliphatic carbocycles. The van der Waals surface area contributed by atoms with Crippen molar-refractivity contribution < 1.29 is 14.3 Å². The topological polar surface area (TPSA) is 55.1 Å². The van der Waals surface area contributed by atoms with Crippen molar-refractivity contribution in [3.8, 4) is 0 Å². The lowest BCUT2D eigenvalue weighted by atomic mass is 10.1. The highest BCUT2D eigenvalue weighted by Gasteiger charge is 2.06. The van der Waals surface area contributed by atoms with Gasteiger partial charge in [0.15, 0.2) is 5.16 Å². The molecule has 1 aromatic carbocycles. The Morgan fingerprint density at radius 3 is 3.00 bits per heavy atom. The maximum atomic E-state index is 13.2. The van der Waals surface area contributed by atoms with Gasteiger partial charge in [0.2, 0.25) is 0 Å². The molecule has 4 nitrogen and oxygen atoms in total. The van der Waals surface area contributed by atoms with Crippen LogP contribution in [-0.4, -0.2) is 20.6 Å². The van der Waals surface area contributed by atoms with E-state index in [1.54, 1.807) is 12.3 Å². The first-order valence-corrected chi connectivity index (χ1v) is 6.84. The van der Waals surface area contributed by atoms with Crippen LogP contribution in [0.15, 0.2) is 41.8 Å². The lowest BCUT2D eigenvalue weighted by molar-refractivity contribution is -0.131. The van der Waals surface area contributed by atoms with Crippen LogP contribution < -0.4 is 0 Å². The minimum absolute atomic E-state index is 0.388. The van der Waals surface area contributed by atoms with E-state index in [9.17, 15) is 9.18 Å². The molecule has 0 spiro atoms. The molecule has 1 N–H and O–H groups in total. The van der Waals surface area contributed by atoms with Crippen molar-refractivity contribution >= 4 is 23.8 Å². The van der Waals surface area contributed by atoms with Crippen molar-refractivity contribution in [3.05, 3.63) is 53.6 Å². The van der Waals surface area contributed by atoms with Gasteiger partial charge in [0, 0.05) is 31.3 Å². The van der Waals surface area contributed by atoms with E-state index < -0.39 is 5.97 Å². The van der Waals surface area contributed by atoms with Crippen LogP contribution in [0.25, 0.3) is 6.08 Å². The molecule has 104 valence electrons. The normalized spacial score (nSPS) is 11.1. The third-order valence-electron chi connectivity index (χ3n) is 2.65. The molecule has 0 aliphatic rings. The molecule has 1 heterocycles. The van der Waals surface area contributed by atoms with Crippen LogP contribution in [0.2, 0.25) is 0 Å². The zero-order valence-corrected chi connectivity index (χ0v) is 11.6. The van der Waals surface area contributed by atoms with E-state index in [2.05, 4.69) is 4.98 Å². The van der Waals surface area contributed by atoms with Gasteiger partial charge in [-0.15, -0.1) is 0 Å². The molecule has 0 saturated heterocycles. The first-order chi connectivity index (χ1) is 9.56. The number of rotatable bonds is 5. The van der Waals surface area contributed by atoms with Gasteiger partial charge in [-0.2, -0.15) is 0 Å². The average molecular weight is 292 g/mol. The van der Waals surface area contributed by atoms with Crippen LogP contribution in [-0.2, 0) is 17.6 Å². The summed E-state index contributed by atoms with van der Waals surface area (Å²) in [7, 11) is 1.89. The fourth-order valence-electron chi connectivity index (χ4n) is 1.65. The van der Waals surface area contributed by atoms with Crippen LogP contribution in [0.3, 0.4) is 0 Å². The summed E-state index contributed by atoms with van der Waals surface area (Å²) in [5, 5.41) is 9.50. The third kappa shape index (κ3) is 3.71. The van der Waals surface area contributed by atoms with Gasteiger partial charge in [0.05, 0.1) is 0 Å². The number of aromatic nitrogens is 2. The average Bonchev–Trinajstić information content (AvgIpc) is 2.81. The molecule has 0 amide bonds. The van der Waals surface area contributed by atoms with E-state index in [1.807, 2.05) is 17.8 Å². The van der Waals surface area contributed by atoms with Gasteiger partial charge in [-0.05, 0) is 29.3 Å². The van der Waals surface area contributed by atoms with Crippen LogP contribution in [0.5, 0.6) is 0 Å². The molecular weight excluding hydrogens is 279 g/mol. The monoisotopic (exact) mass is 292 g/mol. The van der Waals surface area contributed by atoms with Crippen LogP contribution in [0.4, 0.5) is 4.39 Å². The number of benzene rings is 1. The molecule has 2 aromatic rings. The molecule has 1 aromatic heterocycles. The summed E-state index contributed by atoms with van der Waals surface area (Å²) in [5.74, 6) is -0.859. The third-order valence-corrected chi connectivity index (χ3v) is 3.75. The van der Waals surface area contributed by atoms with Gasteiger partial charge in [-0.3, -0.25) is 0 Å². The Labute approximate surface area is 120 Å². The van der Waals surface area contributed by atoms with E-state index in [0.717, 1.165) is 16.8 Å². The highest BCUT2D eigenvalue weighted by Crippen LogP contribution is 2.24. The fourth-order valence-corrected chi connectivity index (χ4v) is 2.59. The molecule has 0 unspecified atom stereocenters. The number of aryl methyl sites for hydroxylation is 1. The molecule has 2 rings (SSSR count). The Hall–Kier alpha value is -2.08. The summed E-state index contributed by atoms with van der Waals surface area (Å²) in [6.07, 6.45) is 5.96. The highest BCUT2D eigenvalue weighted by molar-refractivity contribution is 7.98. The molecular formula is C14H13FN2O2S. The zero-order chi connectivity index (χ0) is 14.5. The van der Waals surface area contributed by atoms with E-state index in [0.29, 0.717) is 11.3 Å². The molecule has 20 heavy (non-hydrogen) atoms. The second-order valence-corrected chi connectivity index (χ2v) is 5.07. The van der Waals surface area contributed by atoms with E-state index >= 15 is 0 Å². The quantitative estimate of drug-likeness (QED) is 0.680. The first kappa shape index (κ1) is 14.3. The minimum atomic E-state index is -1.06. The Morgan fingerprint density at radius 2 is 2.35 bits per heavy atom. The number of carbonyl (C=O) groups is 1. The fraction of sp³-hybridized carbons (Fsp3) is 0.143. The van der Waals surface area contributed by atoms with E-state index in [4.69, 9.17) is 5.11 Å². The Balaban J connectivity index is 2.18. The molecule has 0 aliphatic heterocycles. The molecule has 0 atom stereocenters. The van der Waals surface area contributed by atoms with Gasteiger partial charge in [-0.25, -0.2) is 14.2 Å². The van der Waals surface area contributed by atoms with Gasteiger partial charge >= 0.3 is 5.97 Å². The molecule has 0 fully saturated rings. The van der Waals surface area contributed by atoms with Crippen molar-refractivity contribution in [3.63, 3.8) is 0 Å². The van der Waals surface area contributed by atoms with Gasteiger partial charge in [0.1, 0.15) is 5.82 Å². The van der Waals surface area contributed by atoms with Crippen molar-refractivity contribution in [1.29, 1.82) is 0 Å². The van der Waals surface area contributed by atoms with Crippen molar-refractivity contribution in [2.75, 3.05) is 0 Å². The van der Waals surface area contributed by atoms with Crippen molar-refractivity contribution in [1.82, 2.24) is 9.55 Å². The van der Waals surface area contributed by atoms with Gasteiger partial charge in [0.25, 0.3) is 0 Å². The summed E-state index contributed by atoms with van der Waals surface area (Å²) in [5.41, 5.74) is 1.42. The maximum absolute atomic E-state index is 13.2. The summed E-state index contributed by atoms with van der Waals surface area (Å²) in [6.45, 7) is 0. The number of halogens is 1. The lowest BCUT2D eigenvalue weighted by Crippen LogP contribution is -1.93. The number of thioether (sulfide) groups is 1. The second kappa shape index (κ2) is 6.38. The Bertz CT molecular complexity index is 652. The maximum Gasteiger partial charge on any atom is 0.328 e. The molecule has 0 saturated carbocycles. The zero-order valence-electron chi connectivity index (χ0n) is 10.8. The van der Waals surface area contributed by atoms with Crippen LogP contribution >= 0.6 is 11.8 Å². The Kier molecular flexibility index (Phi) is 4.57. The summed E-state index contributed by atoms with van der Waals surface area (Å²) in [4.78, 5) is 14.8. The predicted molar refractivity (Wildman–Crippen MR) is 75.8 cm³/mol. The molecule has 6 heteroatoms. The summed E-state index contributed by atoms with van der Waals surface area (Å²) < 4.78 is 15.1. The van der Waals surface area contributed by atoms with Crippen LogP contribution in [0.1, 0.15) is 11.1 Å². The number of aliphatic carboxylic acids is 1. The highest BCUT2D eigenvalue weighted by atomic mass is 32.2. The van der Waals surface area contributed by atoms with Crippen molar-refractivity contribution in [2.45, 2.75) is 10.9 Å². The number of imidazole rings is 1. The standard InChI is InChI=1S/C14H13FN2O2S/c1-17-7-6-16-14(17)20-9-11-2-4-12(15)8-10(11)3-5-13(18)19/h2-8H,9H2,1H3,(H,18,19). The summed E-state index contributed by atoms with van der Waals surface area (Å²) >= 11 is 1.51. The van der Waals surface area contributed by atoms with Crippen LogP contribution in [0, 0.1) is 5.82 Å². The SMILES string of the molecule is Cn1ccnc1SCc1ccc(F)cc1C=CC(=O)O. The first-order valence-electron chi connectivity index (χ1n) is 5.86. The van der Waals surface area contributed by atoms with Crippen molar-refractivity contribution in [2.24, 2.45) is 7.05 Å². The lowest BCUT2D eigenvalue weighted by Gasteiger charge is -2.06. The van der Waals surface area contributed by atoms with E-state index in [-0.39, 0.29) is 5.82 Å². The number of hydrogen-bond donors (Lipinski definition) is 1. The smallest absolute Gasteiger partial charge is 0.328 e. The number of hydrogen-bond acceptors (Lipinski definition) is 3. The number of carboxylic acids is 1. The Morgan fingerprint density at radius 1 is 1.55 bits per heavy atom.